The minimum atomic E-state index is 0.868. The Hall–Kier alpha value is -5.86. The summed E-state index contributed by atoms with van der Waals surface area (Å²) in [6, 6.07) is 62.1. The Morgan fingerprint density at radius 2 is 0.841 bits per heavy atom. The Labute approximate surface area is 257 Å². The Bertz CT molecular complexity index is 2140. The number of rotatable bonds is 6. The van der Waals surface area contributed by atoms with Gasteiger partial charge in [0.2, 0.25) is 0 Å². The fourth-order valence-corrected chi connectivity index (χ4v) is 6.10. The Balaban J connectivity index is 1.38. The molecule has 208 valence electrons. The molecule has 0 unspecified atom stereocenters. The van der Waals surface area contributed by atoms with Crippen LogP contribution in [-0.2, 0) is 0 Å². The van der Waals surface area contributed by atoms with Gasteiger partial charge in [0, 0.05) is 22.1 Å². The molecule has 1 aromatic heterocycles. The molecular weight excluding hydrogens is 534 g/mol. The summed E-state index contributed by atoms with van der Waals surface area (Å²) in [5.41, 5.74) is 11.9. The summed E-state index contributed by atoms with van der Waals surface area (Å²) in [6.45, 7) is 0. The van der Waals surface area contributed by atoms with Gasteiger partial charge in [-0.3, -0.25) is 0 Å². The Morgan fingerprint density at radius 1 is 0.341 bits per heavy atom. The van der Waals surface area contributed by atoms with Crippen LogP contribution in [0.4, 0.5) is 17.1 Å². The number of benzene rings is 7. The van der Waals surface area contributed by atoms with Gasteiger partial charge in [-0.15, -0.1) is 0 Å². The molecule has 8 rings (SSSR count). The van der Waals surface area contributed by atoms with Gasteiger partial charge in [0.15, 0.2) is 5.58 Å². The van der Waals surface area contributed by atoms with Crippen LogP contribution < -0.4 is 4.90 Å². The lowest BCUT2D eigenvalue weighted by Crippen LogP contribution is -2.10. The van der Waals surface area contributed by atoms with Crippen LogP contribution in [-0.4, -0.2) is 0 Å². The van der Waals surface area contributed by atoms with Crippen molar-refractivity contribution < 1.29 is 4.42 Å². The van der Waals surface area contributed by atoms with Crippen LogP contribution >= 0.6 is 0 Å². The van der Waals surface area contributed by atoms with Crippen molar-refractivity contribution in [2.75, 3.05) is 4.90 Å². The molecule has 0 aliphatic heterocycles. The molecule has 0 radical (unpaired) electrons. The first-order chi connectivity index (χ1) is 21.8. The Morgan fingerprint density at radius 3 is 1.45 bits per heavy atom. The van der Waals surface area contributed by atoms with Crippen molar-refractivity contribution in [1.29, 1.82) is 0 Å². The highest BCUT2D eigenvalue weighted by molar-refractivity contribution is 6.10. The zero-order valence-electron chi connectivity index (χ0n) is 24.1. The third-order valence-corrected chi connectivity index (χ3v) is 8.25. The molecule has 0 aliphatic carbocycles. The largest absolute Gasteiger partial charge is 0.454 e. The molecule has 2 heteroatoms. The predicted octanol–water partition coefficient (Wildman–Crippen LogP) is 12.1. The maximum atomic E-state index is 6.59. The van der Waals surface area contributed by atoms with Gasteiger partial charge in [-0.05, 0) is 75.8 Å². The molecular formula is C42H29NO. The first kappa shape index (κ1) is 25.8. The predicted molar refractivity (Wildman–Crippen MR) is 185 cm³/mol. The maximum Gasteiger partial charge on any atom is 0.159 e. The molecule has 0 atom stereocenters. The van der Waals surface area contributed by atoms with Crippen LogP contribution in [0.15, 0.2) is 180 Å². The summed E-state index contributed by atoms with van der Waals surface area (Å²) in [4.78, 5) is 2.33. The zero-order chi connectivity index (χ0) is 29.3. The minimum absolute atomic E-state index is 0.868. The van der Waals surface area contributed by atoms with E-state index in [-0.39, 0.29) is 0 Å². The highest BCUT2D eigenvalue weighted by Gasteiger charge is 2.21. The van der Waals surface area contributed by atoms with Gasteiger partial charge in [0.05, 0.1) is 5.69 Å². The average Bonchev–Trinajstić information content (AvgIpc) is 3.49. The summed E-state index contributed by atoms with van der Waals surface area (Å²) in [7, 11) is 0. The molecule has 0 spiro atoms. The van der Waals surface area contributed by atoms with Gasteiger partial charge in [-0.25, -0.2) is 0 Å². The lowest BCUT2D eigenvalue weighted by molar-refractivity contribution is 0.669. The molecule has 0 amide bonds. The van der Waals surface area contributed by atoms with E-state index in [2.05, 4.69) is 169 Å². The minimum Gasteiger partial charge on any atom is -0.454 e. The monoisotopic (exact) mass is 563 g/mol. The summed E-state index contributed by atoms with van der Waals surface area (Å²) < 4.78 is 6.59. The van der Waals surface area contributed by atoms with Gasteiger partial charge >= 0.3 is 0 Å². The number of hydrogen-bond acceptors (Lipinski definition) is 2. The lowest BCUT2D eigenvalue weighted by atomic mass is 9.97. The van der Waals surface area contributed by atoms with Gasteiger partial charge in [-0.2, -0.15) is 0 Å². The van der Waals surface area contributed by atoms with Crippen LogP contribution in [0.1, 0.15) is 0 Å². The molecule has 0 aliphatic rings. The second-order valence-electron chi connectivity index (χ2n) is 11.0. The van der Waals surface area contributed by atoms with Crippen LogP contribution in [0.25, 0.3) is 55.3 Å². The maximum absolute atomic E-state index is 6.59. The number of hydrogen-bond donors (Lipinski definition) is 0. The van der Waals surface area contributed by atoms with Gasteiger partial charge in [-0.1, -0.05) is 133 Å². The van der Waals surface area contributed by atoms with Crippen LogP contribution in [0.5, 0.6) is 0 Å². The number of fused-ring (bicyclic) bond motifs is 3. The lowest BCUT2D eigenvalue weighted by Gasteiger charge is -2.27. The van der Waals surface area contributed by atoms with Crippen molar-refractivity contribution >= 4 is 39.0 Å². The second-order valence-corrected chi connectivity index (χ2v) is 11.0. The first-order valence-corrected chi connectivity index (χ1v) is 14.9. The zero-order valence-corrected chi connectivity index (χ0v) is 24.1. The van der Waals surface area contributed by atoms with E-state index in [1.807, 2.05) is 12.1 Å². The van der Waals surface area contributed by atoms with Crippen molar-refractivity contribution in [3.63, 3.8) is 0 Å². The molecule has 8 aromatic rings. The third kappa shape index (κ3) is 4.73. The van der Waals surface area contributed by atoms with Crippen molar-refractivity contribution in [1.82, 2.24) is 0 Å². The van der Waals surface area contributed by atoms with Crippen molar-refractivity contribution in [2.24, 2.45) is 0 Å². The molecule has 2 nitrogen and oxygen atoms in total. The first-order valence-electron chi connectivity index (χ1n) is 14.9. The van der Waals surface area contributed by atoms with Crippen molar-refractivity contribution in [3.05, 3.63) is 176 Å². The standard InChI is InChI=1S/C42H29NO/c1-4-13-30(14-5-1)33-23-25-36(26-24-33)43(40-21-12-20-39-38-19-10-11-22-41(38)44-42(39)40)37-28-34(31-15-6-2-7-16-31)27-35(29-37)32-17-8-3-9-18-32/h1-29H. The third-order valence-electron chi connectivity index (χ3n) is 8.25. The highest BCUT2D eigenvalue weighted by Crippen LogP contribution is 2.44. The normalized spacial score (nSPS) is 11.2. The van der Waals surface area contributed by atoms with E-state index < -0.39 is 0 Å². The smallest absolute Gasteiger partial charge is 0.159 e. The molecule has 7 aromatic carbocycles. The van der Waals surface area contributed by atoms with E-state index in [1.165, 1.54) is 22.3 Å². The molecule has 0 N–H and O–H groups in total. The van der Waals surface area contributed by atoms with Crippen molar-refractivity contribution in [3.8, 4) is 33.4 Å². The van der Waals surface area contributed by atoms with E-state index in [1.54, 1.807) is 0 Å². The number of para-hydroxylation sites is 2. The van der Waals surface area contributed by atoms with E-state index >= 15 is 0 Å². The molecule has 44 heavy (non-hydrogen) atoms. The molecule has 0 saturated carbocycles. The van der Waals surface area contributed by atoms with E-state index in [0.29, 0.717) is 0 Å². The second kappa shape index (κ2) is 11.1. The molecule has 1 heterocycles. The van der Waals surface area contributed by atoms with Crippen LogP contribution in [0.2, 0.25) is 0 Å². The summed E-state index contributed by atoms with van der Waals surface area (Å²) in [5, 5.41) is 2.22. The molecule has 0 bridgehead atoms. The molecule has 0 saturated heterocycles. The van der Waals surface area contributed by atoms with E-state index in [9.17, 15) is 0 Å². The molecule has 0 fully saturated rings. The van der Waals surface area contributed by atoms with Gasteiger partial charge in [0.25, 0.3) is 0 Å². The van der Waals surface area contributed by atoms with E-state index in [0.717, 1.165) is 50.1 Å². The fourth-order valence-electron chi connectivity index (χ4n) is 6.10. The fraction of sp³-hybridized carbons (Fsp3) is 0. The van der Waals surface area contributed by atoms with Gasteiger partial charge in [0.1, 0.15) is 5.58 Å². The number of nitrogens with zero attached hydrogens (tertiary/aromatic N) is 1. The summed E-state index contributed by atoms with van der Waals surface area (Å²) >= 11 is 0. The van der Waals surface area contributed by atoms with Crippen LogP contribution in [0, 0.1) is 0 Å². The summed E-state index contributed by atoms with van der Waals surface area (Å²) in [5.74, 6) is 0. The van der Waals surface area contributed by atoms with Crippen molar-refractivity contribution in [2.45, 2.75) is 0 Å². The highest BCUT2D eigenvalue weighted by atomic mass is 16.3. The SMILES string of the molecule is c1ccc(-c2ccc(N(c3cc(-c4ccccc4)cc(-c4ccccc4)c3)c3cccc4c3oc3ccccc34)cc2)cc1. The summed E-state index contributed by atoms with van der Waals surface area (Å²) in [6.07, 6.45) is 0. The Kier molecular flexibility index (Phi) is 6.51. The average molecular weight is 564 g/mol. The van der Waals surface area contributed by atoms with Crippen LogP contribution in [0.3, 0.4) is 0 Å². The quantitative estimate of drug-likeness (QED) is 0.200. The number of anilines is 3. The van der Waals surface area contributed by atoms with E-state index in [4.69, 9.17) is 4.42 Å². The number of furan rings is 1. The van der Waals surface area contributed by atoms with Gasteiger partial charge < -0.3 is 9.32 Å². The topological polar surface area (TPSA) is 16.4 Å².